The predicted octanol–water partition coefficient (Wildman–Crippen LogP) is 9.42. The van der Waals surface area contributed by atoms with E-state index in [1.54, 1.807) is 66.4 Å². The fourth-order valence-electron chi connectivity index (χ4n) is 10.1. The molecule has 6 atom stereocenters. The first kappa shape index (κ1) is 47.7. The maximum absolute atomic E-state index is 14.6. The van der Waals surface area contributed by atoms with Gasteiger partial charge in [-0.3, -0.25) is 19.8 Å². The second kappa shape index (κ2) is 21.9. The molecule has 0 spiro atoms. The Bertz CT molecular complexity index is 2510. The third-order valence-corrected chi connectivity index (χ3v) is 13.1. The molecule has 2 heterocycles. The van der Waals surface area contributed by atoms with Gasteiger partial charge in [0.2, 0.25) is 12.6 Å². The maximum Gasteiger partial charge on any atom is 0.410 e. The van der Waals surface area contributed by atoms with Gasteiger partial charge in [0.05, 0.1) is 29.8 Å². The summed E-state index contributed by atoms with van der Waals surface area (Å²) in [5.74, 6) is -0.0251. The van der Waals surface area contributed by atoms with Gasteiger partial charge in [-0.2, -0.15) is 0 Å². The summed E-state index contributed by atoms with van der Waals surface area (Å²) in [4.78, 5) is 45.1. The Balaban J connectivity index is 1.32. The average molecular weight is 932 g/mol. The number of hydrogen-bond donors (Lipinski definition) is 2. The van der Waals surface area contributed by atoms with Crippen molar-refractivity contribution in [3.05, 3.63) is 142 Å². The number of fused-ring (bicyclic) bond motifs is 3. The Morgan fingerprint density at radius 2 is 1.69 bits per heavy atom. The number of nitro groups is 1. The standard InChI is InChI=1S/C52H57N3O13/c1-3-24-65-52-48(54(51(59)62-4-2)30-35-16-20-46-47(26-35)64-33-63-46)29-44(53-66-32-34-14-17-38(18-15-34)55(60)61)42-27-37(11-5-7-22-56)41(13-6-8-23-57)49(50(42)52)43-28-40(19-21-45(43)68-52)67-39-12-9-10-36(25-39)31-58/h3,9-10,12,14-21,25-28,31,37,41,48-50,56-57H,1,4-8,11,13,22-24,29-30,32-33H2,2H3/t37-,41+,48-,49+,50+,52+/m0/s1. The first-order valence-corrected chi connectivity index (χ1v) is 23.2. The summed E-state index contributed by atoms with van der Waals surface area (Å²) in [6.07, 6.45) is 8.25. The van der Waals surface area contributed by atoms with Crippen molar-refractivity contribution in [2.24, 2.45) is 22.9 Å². The van der Waals surface area contributed by atoms with Gasteiger partial charge >= 0.3 is 6.09 Å². The maximum atomic E-state index is 14.6. The number of nitro benzene ring substituents is 1. The molecular formula is C52H57N3O13. The third-order valence-electron chi connectivity index (χ3n) is 13.1. The molecule has 0 radical (unpaired) electrons. The quantitative estimate of drug-likeness (QED) is 0.0249. The van der Waals surface area contributed by atoms with E-state index in [4.69, 9.17) is 38.4 Å². The number of aldehydes is 1. The van der Waals surface area contributed by atoms with Crippen LogP contribution in [0.15, 0.2) is 114 Å². The molecule has 2 aliphatic heterocycles. The molecule has 16 nitrogen and oxygen atoms in total. The van der Waals surface area contributed by atoms with Crippen LogP contribution < -0.4 is 18.9 Å². The molecule has 16 heteroatoms. The number of nitrogens with zero attached hydrogens (tertiary/aromatic N) is 3. The molecule has 358 valence electrons. The van der Waals surface area contributed by atoms with E-state index in [-0.39, 0.29) is 76.2 Å². The van der Waals surface area contributed by atoms with Crippen LogP contribution in [-0.4, -0.2) is 83.2 Å². The van der Waals surface area contributed by atoms with Gasteiger partial charge in [-0.1, -0.05) is 48.3 Å². The number of non-ortho nitro benzene ring substituents is 1. The zero-order chi connectivity index (χ0) is 47.6. The number of oxime groups is 1. The lowest BCUT2D eigenvalue weighted by molar-refractivity contribution is -0.384. The van der Waals surface area contributed by atoms with E-state index in [1.165, 1.54) is 12.1 Å². The second-order valence-electron chi connectivity index (χ2n) is 17.3. The highest BCUT2D eigenvalue weighted by Gasteiger charge is 2.65. The molecule has 1 saturated carbocycles. The molecule has 68 heavy (non-hydrogen) atoms. The van der Waals surface area contributed by atoms with Gasteiger partial charge in [-0.15, -0.1) is 6.58 Å². The second-order valence-corrected chi connectivity index (χ2v) is 17.3. The average Bonchev–Trinajstić information content (AvgIpc) is 3.82. The monoisotopic (exact) mass is 931 g/mol. The van der Waals surface area contributed by atoms with E-state index in [0.717, 1.165) is 42.2 Å². The smallest absolute Gasteiger partial charge is 0.410 e. The number of unbranched alkanes of at least 4 members (excludes halogenated alkanes) is 2. The minimum Gasteiger partial charge on any atom is -0.459 e. The first-order valence-electron chi connectivity index (χ1n) is 23.2. The molecule has 1 fully saturated rings. The molecule has 4 aromatic rings. The summed E-state index contributed by atoms with van der Waals surface area (Å²) in [5, 5.41) is 36.3. The van der Waals surface area contributed by atoms with Crippen LogP contribution in [0.25, 0.3) is 0 Å². The van der Waals surface area contributed by atoms with Gasteiger partial charge in [0.1, 0.15) is 36.2 Å². The van der Waals surface area contributed by atoms with E-state index >= 15 is 0 Å². The number of benzene rings is 4. The third kappa shape index (κ3) is 10.2. The summed E-state index contributed by atoms with van der Waals surface area (Å²) in [6.45, 7) is 6.11. The van der Waals surface area contributed by atoms with Crippen molar-refractivity contribution in [2.75, 3.05) is 33.2 Å². The minimum absolute atomic E-state index is 0.000516. The first-order chi connectivity index (χ1) is 33.2. The van der Waals surface area contributed by atoms with Crippen LogP contribution in [0.1, 0.15) is 84.8 Å². The van der Waals surface area contributed by atoms with E-state index < -0.39 is 28.8 Å². The SMILES string of the molecule is C=CCO[C@@]12Oc3ccc(Oc4cccc(C=O)c4)cc3[C@H]3[C@H](CCCCO)[C@@H](CCCCO)C=C(C(=NOCc4ccc([N+](=O)[O-])cc4)C[C@@H]1N(Cc1ccc4c(c1)OCO4)C(=O)OCC)[C@H]32. The van der Waals surface area contributed by atoms with Crippen LogP contribution in [0.2, 0.25) is 0 Å². The number of carbonyl (C=O) groups excluding carboxylic acids is 2. The number of aliphatic hydroxyl groups is 2. The highest BCUT2D eigenvalue weighted by Crippen LogP contribution is 2.62. The lowest BCUT2D eigenvalue weighted by Gasteiger charge is -2.59. The molecule has 8 rings (SSSR count). The topological polar surface area (TPSA) is 198 Å². The van der Waals surface area contributed by atoms with Crippen LogP contribution in [0.4, 0.5) is 10.5 Å². The van der Waals surface area contributed by atoms with E-state index in [0.29, 0.717) is 64.8 Å². The molecule has 0 bridgehead atoms. The molecule has 1 amide bonds. The van der Waals surface area contributed by atoms with E-state index in [9.17, 15) is 29.9 Å². The zero-order valence-corrected chi connectivity index (χ0v) is 38.0. The number of hydrogen-bond acceptors (Lipinski definition) is 14. The van der Waals surface area contributed by atoms with Crippen molar-refractivity contribution in [1.82, 2.24) is 4.90 Å². The van der Waals surface area contributed by atoms with Crippen molar-refractivity contribution in [2.45, 2.75) is 82.8 Å². The molecule has 0 saturated heterocycles. The van der Waals surface area contributed by atoms with Crippen molar-refractivity contribution in [1.29, 1.82) is 0 Å². The fraction of sp³-hybridized carbons (Fsp3) is 0.404. The Hall–Kier alpha value is -6.75. The number of rotatable bonds is 22. The molecule has 0 unspecified atom stereocenters. The lowest BCUT2D eigenvalue weighted by atomic mass is 9.55. The number of ether oxygens (including phenoxy) is 6. The number of aliphatic hydroxyl groups excluding tert-OH is 2. The Labute approximate surface area is 394 Å². The summed E-state index contributed by atoms with van der Waals surface area (Å²) < 4.78 is 38.1. The Morgan fingerprint density at radius 1 is 0.941 bits per heavy atom. The Morgan fingerprint density at radius 3 is 2.44 bits per heavy atom. The van der Waals surface area contributed by atoms with E-state index in [1.807, 2.05) is 24.3 Å². The van der Waals surface area contributed by atoms with Crippen LogP contribution in [0.5, 0.6) is 28.7 Å². The van der Waals surface area contributed by atoms with Crippen LogP contribution >= 0.6 is 0 Å². The lowest BCUT2D eigenvalue weighted by Crippen LogP contribution is -2.70. The fourth-order valence-corrected chi connectivity index (χ4v) is 10.1. The molecular weight excluding hydrogens is 875 g/mol. The summed E-state index contributed by atoms with van der Waals surface area (Å²) in [6, 6.07) is 23.2. The van der Waals surface area contributed by atoms with Crippen LogP contribution in [-0.2, 0) is 27.5 Å². The molecule has 2 aliphatic carbocycles. The van der Waals surface area contributed by atoms with E-state index in [2.05, 4.69) is 12.7 Å². The number of amides is 1. The van der Waals surface area contributed by atoms with Gasteiger partial charge in [0.15, 0.2) is 11.5 Å². The van der Waals surface area contributed by atoms with Crippen molar-refractivity contribution in [3.63, 3.8) is 0 Å². The van der Waals surface area contributed by atoms with Crippen LogP contribution in [0, 0.1) is 27.9 Å². The highest BCUT2D eigenvalue weighted by atomic mass is 16.7. The summed E-state index contributed by atoms with van der Waals surface area (Å²) in [7, 11) is 0. The van der Waals surface area contributed by atoms with Crippen LogP contribution in [0.3, 0.4) is 0 Å². The summed E-state index contributed by atoms with van der Waals surface area (Å²) >= 11 is 0. The molecule has 4 aromatic carbocycles. The minimum atomic E-state index is -1.58. The zero-order valence-electron chi connectivity index (χ0n) is 38.0. The van der Waals surface area contributed by atoms with Gasteiger partial charge < -0.3 is 43.5 Å². The molecule has 0 aromatic heterocycles. The number of allylic oxidation sites excluding steroid dienone is 1. The number of carbonyl (C=O) groups is 2. The Kier molecular flexibility index (Phi) is 15.4. The highest BCUT2D eigenvalue weighted by molar-refractivity contribution is 6.03. The van der Waals surface area contributed by atoms with Crippen molar-refractivity contribution in [3.8, 4) is 28.7 Å². The van der Waals surface area contributed by atoms with Gasteiger partial charge in [-0.25, -0.2) is 4.79 Å². The largest absolute Gasteiger partial charge is 0.459 e. The van der Waals surface area contributed by atoms with Crippen molar-refractivity contribution >= 4 is 23.8 Å². The summed E-state index contributed by atoms with van der Waals surface area (Å²) in [5.41, 5.74) is 4.02. The van der Waals surface area contributed by atoms with Gasteiger partial charge in [-0.05, 0) is 116 Å². The normalized spacial score (nSPS) is 22.5. The van der Waals surface area contributed by atoms with Crippen molar-refractivity contribution < 1.29 is 58.0 Å². The molecule has 4 aliphatic rings. The predicted molar refractivity (Wildman–Crippen MR) is 250 cm³/mol. The van der Waals surface area contributed by atoms with Gasteiger partial charge in [0.25, 0.3) is 5.69 Å². The van der Waals surface area contributed by atoms with Gasteiger partial charge in [0, 0.05) is 55.4 Å². The molecule has 2 N–H and O–H groups in total.